The SMILES string of the molecule is NC1(C(=O)N2CCN(Cc3csc(-c4ccccc4)n3)CC2)CC1. The van der Waals surface area contributed by atoms with Crippen LogP contribution in [0.1, 0.15) is 18.5 Å². The van der Waals surface area contributed by atoms with Crippen LogP contribution in [0.15, 0.2) is 35.7 Å². The first-order valence-corrected chi connectivity index (χ1v) is 9.32. The second-order valence-corrected chi connectivity index (χ2v) is 7.59. The van der Waals surface area contributed by atoms with Crippen molar-refractivity contribution in [3.63, 3.8) is 0 Å². The fraction of sp³-hybridized carbons (Fsp3) is 0.444. The molecule has 2 aliphatic rings. The number of amides is 1. The predicted octanol–water partition coefficient (Wildman–Crippen LogP) is 1.95. The highest BCUT2D eigenvalue weighted by Crippen LogP contribution is 2.34. The zero-order valence-corrected chi connectivity index (χ0v) is 14.5. The van der Waals surface area contributed by atoms with E-state index in [4.69, 9.17) is 10.7 Å². The van der Waals surface area contributed by atoms with E-state index in [-0.39, 0.29) is 5.91 Å². The van der Waals surface area contributed by atoms with Crippen molar-refractivity contribution in [3.8, 4) is 10.6 Å². The topological polar surface area (TPSA) is 62.5 Å². The summed E-state index contributed by atoms with van der Waals surface area (Å²) >= 11 is 1.69. The van der Waals surface area contributed by atoms with E-state index >= 15 is 0 Å². The van der Waals surface area contributed by atoms with Crippen LogP contribution in [0.25, 0.3) is 10.6 Å². The molecule has 0 bridgehead atoms. The molecular weight excluding hydrogens is 320 g/mol. The number of nitrogens with two attached hydrogens (primary N) is 1. The quantitative estimate of drug-likeness (QED) is 0.922. The minimum Gasteiger partial charge on any atom is -0.339 e. The third-order valence-electron chi connectivity index (χ3n) is 4.83. The third kappa shape index (κ3) is 3.22. The van der Waals surface area contributed by atoms with Gasteiger partial charge >= 0.3 is 0 Å². The zero-order valence-electron chi connectivity index (χ0n) is 13.6. The van der Waals surface area contributed by atoms with E-state index in [0.29, 0.717) is 0 Å². The van der Waals surface area contributed by atoms with Crippen LogP contribution in [0.3, 0.4) is 0 Å². The van der Waals surface area contributed by atoms with Crippen molar-refractivity contribution < 1.29 is 4.79 Å². The van der Waals surface area contributed by atoms with Crippen molar-refractivity contribution in [2.45, 2.75) is 24.9 Å². The van der Waals surface area contributed by atoms with Crippen molar-refractivity contribution in [2.24, 2.45) is 5.73 Å². The lowest BCUT2D eigenvalue weighted by Crippen LogP contribution is -2.53. The molecule has 1 saturated carbocycles. The maximum atomic E-state index is 12.3. The lowest BCUT2D eigenvalue weighted by atomic mass is 10.2. The molecule has 4 rings (SSSR count). The van der Waals surface area contributed by atoms with Gasteiger partial charge in [-0.25, -0.2) is 4.98 Å². The number of nitrogens with zero attached hydrogens (tertiary/aromatic N) is 3. The number of benzene rings is 1. The van der Waals surface area contributed by atoms with E-state index < -0.39 is 5.54 Å². The maximum Gasteiger partial charge on any atom is 0.242 e. The number of carbonyl (C=O) groups is 1. The molecular formula is C18H22N4OS. The normalized spacial score (nSPS) is 20.1. The average Bonchev–Trinajstić information content (AvgIpc) is 3.20. The molecule has 2 N–H and O–H groups in total. The van der Waals surface area contributed by atoms with E-state index in [2.05, 4.69) is 22.4 Å². The van der Waals surface area contributed by atoms with Crippen LogP contribution in [-0.2, 0) is 11.3 Å². The molecule has 126 valence electrons. The third-order valence-corrected chi connectivity index (χ3v) is 5.77. The molecule has 0 spiro atoms. The maximum absolute atomic E-state index is 12.3. The molecule has 6 heteroatoms. The van der Waals surface area contributed by atoms with Gasteiger partial charge in [0.25, 0.3) is 0 Å². The molecule has 2 heterocycles. The molecule has 1 saturated heterocycles. The van der Waals surface area contributed by atoms with Gasteiger partial charge < -0.3 is 10.6 Å². The highest BCUT2D eigenvalue weighted by molar-refractivity contribution is 7.13. The molecule has 1 amide bonds. The van der Waals surface area contributed by atoms with Gasteiger partial charge in [-0.2, -0.15) is 0 Å². The van der Waals surface area contributed by atoms with E-state index in [1.54, 1.807) is 11.3 Å². The van der Waals surface area contributed by atoms with Crippen LogP contribution < -0.4 is 5.73 Å². The Balaban J connectivity index is 1.33. The molecule has 24 heavy (non-hydrogen) atoms. The minimum atomic E-state index is -0.540. The van der Waals surface area contributed by atoms with Gasteiger partial charge in [-0.15, -0.1) is 11.3 Å². The summed E-state index contributed by atoms with van der Waals surface area (Å²) < 4.78 is 0. The summed E-state index contributed by atoms with van der Waals surface area (Å²) in [6, 6.07) is 10.3. The summed E-state index contributed by atoms with van der Waals surface area (Å²) in [7, 11) is 0. The van der Waals surface area contributed by atoms with E-state index in [0.717, 1.165) is 56.3 Å². The molecule has 1 aliphatic heterocycles. The van der Waals surface area contributed by atoms with E-state index in [9.17, 15) is 4.79 Å². The first-order chi connectivity index (χ1) is 11.6. The van der Waals surface area contributed by atoms with Crippen molar-refractivity contribution in [2.75, 3.05) is 26.2 Å². The lowest BCUT2D eigenvalue weighted by molar-refractivity contribution is -0.135. The van der Waals surface area contributed by atoms with Gasteiger partial charge in [-0.05, 0) is 12.8 Å². The number of piperazine rings is 1. The summed E-state index contributed by atoms with van der Waals surface area (Å²) in [5.74, 6) is 0.141. The van der Waals surface area contributed by atoms with Gasteiger partial charge in [0, 0.05) is 43.7 Å². The molecule has 1 aromatic carbocycles. The predicted molar refractivity (Wildman–Crippen MR) is 95.6 cm³/mol. The van der Waals surface area contributed by atoms with Gasteiger partial charge in [0.2, 0.25) is 5.91 Å². The second-order valence-electron chi connectivity index (χ2n) is 6.73. The number of carbonyl (C=O) groups excluding carboxylic acids is 1. The average molecular weight is 342 g/mol. The summed E-state index contributed by atoms with van der Waals surface area (Å²) in [5, 5.41) is 3.21. The van der Waals surface area contributed by atoms with Crippen LogP contribution in [0.5, 0.6) is 0 Å². The summed E-state index contributed by atoms with van der Waals surface area (Å²) in [4.78, 5) is 21.3. The van der Waals surface area contributed by atoms with Gasteiger partial charge in [0.15, 0.2) is 0 Å². The summed E-state index contributed by atoms with van der Waals surface area (Å²) in [6.45, 7) is 4.17. The monoisotopic (exact) mass is 342 g/mol. The number of thiazole rings is 1. The standard InChI is InChI=1S/C18H22N4OS/c19-18(6-7-18)17(23)22-10-8-21(9-11-22)12-15-13-24-16(20-15)14-4-2-1-3-5-14/h1-5,13H,6-12,19H2. The van der Waals surface area contributed by atoms with Crippen LogP contribution >= 0.6 is 11.3 Å². The smallest absolute Gasteiger partial charge is 0.242 e. The first-order valence-electron chi connectivity index (χ1n) is 8.44. The Morgan fingerprint density at radius 3 is 2.54 bits per heavy atom. The molecule has 0 unspecified atom stereocenters. The molecule has 2 aromatic rings. The Kier molecular flexibility index (Phi) is 4.12. The second kappa shape index (κ2) is 6.27. The fourth-order valence-electron chi connectivity index (χ4n) is 3.09. The number of hydrogen-bond donors (Lipinski definition) is 1. The Morgan fingerprint density at radius 1 is 1.17 bits per heavy atom. The Hall–Kier alpha value is -1.76. The molecule has 5 nitrogen and oxygen atoms in total. The van der Waals surface area contributed by atoms with Crippen LogP contribution in [0.4, 0.5) is 0 Å². The molecule has 1 aromatic heterocycles. The summed E-state index contributed by atoms with van der Waals surface area (Å²) in [5.41, 5.74) is 7.76. The van der Waals surface area contributed by atoms with Crippen LogP contribution in [0.2, 0.25) is 0 Å². The van der Waals surface area contributed by atoms with Crippen LogP contribution in [-0.4, -0.2) is 52.4 Å². The van der Waals surface area contributed by atoms with Gasteiger partial charge in [-0.1, -0.05) is 30.3 Å². The molecule has 1 aliphatic carbocycles. The molecule has 0 radical (unpaired) electrons. The zero-order chi connectivity index (χ0) is 16.6. The van der Waals surface area contributed by atoms with Crippen molar-refractivity contribution >= 4 is 17.2 Å². The largest absolute Gasteiger partial charge is 0.339 e. The highest BCUT2D eigenvalue weighted by atomic mass is 32.1. The minimum absolute atomic E-state index is 0.141. The Labute approximate surface area is 146 Å². The Bertz CT molecular complexity index is 718. The fourth-order valence-corrected chi connectivity index (χ4v) is 3.91. The van der Waals surface area contributed by atoms with Crippen molar-refractivity contribution in [1.29, 1.82) is 0 Å². The number of hydrogen-bond acceptors (Lipinski definition) is 5. The van der Waals surface area contributed by atoms with E-state index in [1.165, 1.54) is 5.56 Å². The Morgan fingerprint density at radius 2 is 1.88 bits per heavy atom. The van der Waals surface area contributed by atoms with Gasteiger partial charge in [-0.3, -0.25) is 9.69 Å². The van der Waals surface area contributed by atoms with Gasteiger partial charge in [0.1, 0.15) is 5.01 Å². The summed E-state index contributed by atoms with van der Waals surface area (Å²) in [6.07, 6.45) is 1.68. The number of rotatable bonds is 4. The van der Waals surface area contributed by atoms with E-state index in [1.807, 2.05) is 23.1 Å². The first kappa shape index (κ1) is 15.7. The molecule has 2 fully saturated rings. The van der Waals surface area contributed by atoms with Crippen molar-refractivity contribution in [3.05, 3.63) is 41.4 Å². The van der Waals surface area contributed by atoms with Gasteiger partial charge in [0.05, 0.1) is 11.2 Å². The lowest BCUT2D eigenvalue weighted by Gasteiger charge is -2.35. The van der Waals surface area contributed by atoms with Crippen molar-refractivity contribution in [1.82, 2.24) is 14.8 Å². The highest BCUT2D eigenvalue weighted by Gasteiger charge is 2.48. The number of aromatic nitrogens is 1. The molecule has 0 atom stereocenters. The van der Waals surface area contributed by atoms with Crippen LogP contribution in [0, 0.1) is 0 Å².